The zero-order valence-corrected chi connectivity index (χ0v) is 24.4. The summed E-state index contributed by atoms with van der Waals surface area (Å²) in [5.41, 5.74) is 0.695. The Kier molecular flexibility index (Phi) is 8.12. The molecular formula is C29H33F3N6O5. The highest BCUT2D eigenvalue weighted by atomic mass is 19.3. The third-order valence-corrected chi connectivity index (χ3v) is 7.58. The summed E-state index contributed by atoms with van der Waals surface area (Å²) in [5, 5.41) is 18.2. The minimum absolute atomic E-state index is 0.149. The Bertz CT molecular complexity index is 1660. The second-order valence-electron chi connectivity index (χ2n) is 11.4. The highest BCUT2D eigenvalue weighted by molar-refractivity contribution is 5.93. The minimum atomic E-state index is -3.23. The van der Waals surface area contributed by atoms with Gasteiger partial charge in [-0.25, -0.2) is 19.2 Å². The average molecular weight is 603 g/mol. The lowest BCUT2D eigenvalue weighted by Gasteiger charge is -2.45. The van der Waals surface area contributed by atoms with Gasteiger partial charge < -0.3 is 29.5 Å². The first-order valence-corrected chi connectivity index (χ1v) is 13.7. The molecular weight excluding hydrogens is 569 g/mol. The van der Waals surface area contributed by atoms with E-state index >= 15 is 0 Å². The second kappa shape index (κ2) is 11.7. The van der Waals surface area contributed by atoms with E-state index in [0.29, 0.717) is 36.7 Å². The highest BCUT2D eigenvalue weighted by Crippen LogP contribution is 2.41. The Hall–Kier alpha value is -4.49. The lowest BCUT2D eigenvalue weighted by molar-refractivity contribution is -0.0520. The summed E-state index contributed by atoms with van der Waals surface area (Å²) in [6.45, 7) is 3.28. The van der Waals surface area contributed by atoms with Crippen LogP contribution in [0.25, 0.3) is 16.6 Å². The predicted octanol–water partition coefficient (Wildman–Crippen LogP) is 5.92. The van der Waals surface area contributed by atoms with Crippen LogP contribution in [-0.4, -0.2) is 69.1 Å². The molecule has 1 aliphatic rings. The van der Waals surface area contributed by atoms with Gasteiger partial charge in [0.1, 0.15) is 11.5 Å². The van der Waals surface area contributed by atoms with Gasteiger partial charge in [-0.3, -0.25) is 0 Å². The fraction of sp³-hybridized carbons (Fsp3) is 0.448. The lowest BCUT2D eigenvalue weighted by Crippen LogP contribution is -2.53. The number of nitrogens with zero attached hydrogens (tertiary/aromatic N) is 5. The van der Waals surface area contributed by atoms with E-state index in [0.717, 1.165) is 17.7 Å². The van der Waals surface area contributed by atoms with E-state index in [4.69, 9.17) is 19.6 Å². The van der Waals surface area contributed by atoms with Crippen LogP contribution in [0.4, 0.5) is 23.9 Å². The number of hydrogen-bond acceptors (Lipinski definition) is 8. The van der Waals surface area contributed by atoms with Crippen molar-refractivity contribution in [3.63, 3.8) is 0 Å². The molecule has 14 heteroatoms. The van der Waals surface area contributed by atoms with Gasteiger partial charge >= 0.3 is 12.7 Å². The van der Waals surface area contributed by atoms with Crippen LogP contribution in [-0.2, 0) is 6.54 Å². The van der Waals surface area contributed by atoms with E-state index in [1.165, 1.54) is 16.5 Å². The Morgan fingerprint density at radius 2 is 1.91 bits per heavy atom. The van der Waals surface area contributed by atoms with Crippen molar-refractivity contribution in [2.24, 2.45) is 5.41 Å². The van der Waals surface area contributed by atoms with Crippen molar-refractivity contribution < 1.29 is 37.3 Å². The van der Waals surface area contributed by atoms with Crippen molar-refractivity contribution in [1.29, 1.82) is 0 Å². The normalized spacial score (nSPS) is 17.5. The number of benzene rings is 2. The van der Waals surface area contributed by atoms with E-state index in [1.807, 2.05) is 26.8 Å². The number of anilines is 1. The SMILES string of the molecule is COc1ccc(CNc2nc3cc(OC(F)F)c(F)cc3c3nc(C4CCCN(C(=O)O)C4C(C)(C)C)nn23)c(OC)c1. The van der Waals surface area contributed by atoms with Gasteiger partial charge in [0, 0.05) is 48.1 Å². The highest BCUT2D eigenvalue weighted by Gasteiger charge is 2.44. The number of nitrogens with one attached hydrogen (secondary N) is 1. The van der Waals surface area contributed by atoms with Crippen LogP contribution < -0.4 is 19.5 Å². The van der Waals surface area contributed by atoms with E-state index in [9.17, 15) is 23.1 Å². The molecule has 43 heavy (non-hydrogen) atoms. The number of ether oxygens (including phenoxy) is 3. The zero-order valence-electron chi connectivity index (χ0n) is 24.4. The second-order valence-corrected chi connectivity index (χ2v) is 11.4. The number of aromatic nitrogens is 4. The summed E-state index contributed by atoms with van der Waals surface area (Å²) in [4.78, 5) is 23.0. The Morgan fingerprint density at radius 1 is 1.14 bits per heavy atom. The van der Waals surface area contributed by atoms with Crippen LogP contribution in [0.3, 0.4) is 0 Å². The first-order valence-electron chi connectivity index (χ1n) is 13.7. The smallest absolute Gasteiger partial charge is 0.407 e. The molecule has 230 valence electrons. The fourth-order valence-electron chi connectivity index (χ4n) is 5.81. The first-order chi connectivity index (χ1) is 20.4. The molecule has 2 unspecified atom stereocenters. The van der Waals surface area contributed by atoms with E-state index in [1.54, 1.807) is 19.2 Å². The maximum atomic E-state index is 14.9. The van der Waals surface area contributed by atoms with E-state index in [2.05, 4.69) is 15.0 Å². The fourth-order valence-corrected chi connectivity index (χ4v) is 5.81. The predicted molar refractivity (Wildman–Crippen MR) is 152 cm³/mol. The minimum Gasteiger partial charge on any atom is -0.497 e. The molecule has 11 nitrogen and oxygen atoms in total. The molecule has 2 N–H and O–H groups in total. The van der Waals surface area contributed by atoms with Gasteiger partial charge in [0.25, 0.3) is 0 Å². The average Bonchev–Trinajstić information content (AvgIpc) is 3.41. The molecule has 2 aromatic heterocycles. The number of alkyl halides is 2. The van der Waals surface area contributed by atoms with Crippen molar-refractivity contribution in [2.45, 2.75) is 58.7 Å². The maximum absolute atomic E-state index is 14.9. The van der Waals surface area contributed by atoms with Gasteiger partial charge in [0.2, 0.25) is 5.95 Å². The van der Waals surface area contributed by atoms with Crippen molar-refractivity contribution in [1.82, 2.24) is 24.5 Å². The van der Waals surface area contributed by atoms with Crippen molar-refractivity contribution in [3.05, 3.63) is 47.5 Å². The number of likely N-dealkylation sites (tertiary alicyclic amines) is 1. The molecule has 3 heterocycles. The molecule has 0 saturated carbocycles. The number of carbonyl (C=O) groups is 1. The number of hydrogen-bond donors (Lipinski definition) is 2. The number of rotatable bonds is 8. The summed E-state index contributed by atoms with van der Waals surface area (Å²) in [6.07, 6.45) is 0.231. The molecule has 1 fully saturated rings. The standard InChI is InChI=1S/C29H33F3N6O5/c1-29(2,3)23-17(7-6-10-37(23)28(39)40)24-35-25-18-12-19(30)22(43-26(31)32)13-20(18)34-27(38(25)36-24)33-14-15-8-9-16(41-4)11-21(15)42-5/h8-9,11-13,17,23,26H,6-7,10,14H2,1-5H3,(H,33,34)(H,39,40). The molecule has 1 amide bonds. The molecule has 2 aromatic carbocycles. The van der Waals surface area contributed by atoms with Gasteiger partial charge in [0.15, 0.2) is 23.0 Å². The summed E-state index contributed by atoms with van der Waals surface area (Å²) in [7, 11) is 3.08. The topological polar surface area (TPSA) is 123 Å². The Labute approximate surface area is 245 Å². The third-order valence-electron chi connectivity index (χ3n) is 7.58. The van der Waals surface area contributed by atoms with E-state index in [-0.39, 0.29) is 35.0 Å². The zero-order chi connectivity index (χ0) is 31.1. The van der Waals surface area contributed by atoms with Crippen LogP contribution in [0, 0.1) is 11.2 Å². The maximum Gasteiger partial charge on any atom is 0.407 e. The number of halogens is 3. The molecule has 1 aliphatic heterocycles. The van der Waals surface area contributed by atoms with Gasteiger partial charge in [-0.15, -0.1) is 5.10 Å². The van der Waals surface area contributed by atoms with Gasteiger partial charge in [-0.05, 0) is 36.5 Å². The first kappa shape index (κ1) is 30.0. The molecule has 2 atom stereocenters. The van der Waals surface area contributed by atoms with Crippen LogP contribution in [0.5, 0.6) is 17.2 Å². The molecule has 0 radical (unpaired) electrons. The molecule has 0 bridgehead atoms. The number of fused-ring (bicyclic) bond motifs is 3. The Morgan fingerprint density at radius 3 is 2.56 bits per heavy atom. The summed E-state index contributed by atoms with van der Waals surface area (Å²) >= 11 is 0. The van der Waals surface area contributed by atoms with Crippen LogP contribution in [0.2, 0.25) is 0 Å². The molecule has 1 saturated heterocycles. The Balaban J connectivity index is 1.65. The monoisotopic (exact) mass is 602 g/mol. The number of piperidine rings is 1. The van der Waals surface area contributed by atoms with Gasteiger partial charge in [-0.2, -0.15) is 13.3 Å². The third kappa shape index (κ3) is 5.90. The summed E-state index contributed by atoms with van der Waals surface area (Å²) in [6, 6.07) is 7.02. The summed E-state index contributed by atoms with van der Waals surface area (Å²) < 4.78 is 57.4. The van der Waals surface area contributed by atoms with E-state index < -0.39 is 35.7 Å². The van der Waals surface area contributed by atoms with Crippen LogP contribution in [0.15, 0.2) is 30.3 Å². The number of carboxylic acid groups (broad SMARTS) is 1. The molecule has 5 rings (SSSR count). The van der Waals surface area contributed by atoms with Gasteiger partial charge in [0.05, 0.1) is 19.7 Å². The number of methoxy groups -OCH3 is 2. The lowest BCUT2D eigenvalue weighted by atomic mass is 9.74. The molecule has 0 aliphatic carbocycles. The van der Waals surface area contributed by atoms with Crippen LogP contribution >= 0.6 is 0 Å². The summed E-state index contributed by atoms with van der Waals surface area (Å²) in [5.74, 6) is -0.281. The van der Waals surface area contributed by atoms with Crippen molar-refractivity contribution in [3.8, 4) is 17.2 Å². The van der Waals surface area contributed by atoms with Crippen molar-refractivity contribution >= 4 is 28.6 Å². The van der Waals surface area contributed by atoms with Gasteiger partial charge in [-0.1, -0.05) is 20.8 Å². The van der Waals surface area contributed by atoms with Crippen molar-refractivity contribution in [2.75, 3.05) is 26.1 Å². The number of amides is 1. The molecule has 4 aromatic rings. The van der Waals surface area contributed by atoms with Crippen LogP contribution in [0.1, 0.15) is 50.9 Å². The molecule has 0 spiro atoms. The quantitative estimate of drug-likeness (QED) is 0.253. The largest absolute Gasteiger partial charge is 0.497 e.